The Bertz CT molecular complexity index is 10200. The van der Waals surface area contributed by atoms with Gasteiger partial charge < -0.3 is 23.1 Å². The van der Waals surface area contributed by atoms with E-state index in [0.717, 1.165) is 184 Å². The minimum Gasteiger partial charge on any atom is -0.452 e. The predicted molar refractivity (Wildman–Crippen MR) is 609 cm³/mol. The van der Waals surface area contributed by atoms with Crippen LogP contribution in [-0.4, -0.2) is 15.0 Å². The van der Waals surface area contributed by atoms with Gasteiger partial charge in [0.2, 0.25) is 0 Å². The van der Waals surface area contributed by atoms with Crippen molar-refractivity contribution in [3.05, 3.63) is 510 Å². The third-order valence-corrected chi connectivity index (χ3v) is 29.8. The Labute approximate surface area is 839 Å². The van der Waals surface area contributed by atoms with Crippen molar-refractivity contribution in [2.45, 2.75) is 0 Å². The lowest BCUT2D eigenvalue weighted by atomic mass is 9.96. The first-order valence-electron chi connectivity index (χ1n) is 49.6. The van der Waals surface area contributed by atoms with Crippen molar-refractivity contribution in [2.24, 2.45) is 0 Å². The van der Waals surface area contributed by atoms with Gasteiger partial charge in [0.15, 0.2) is 28.1 Å². The molecule has 0 amide bonds. The molecule has 0 saturated carbocycles. The number of benzene rings is 23. The molecular formula is C137H84N6O3. The Morgan fingerprint density at radius 1 is 0.171 bits per heavy atom. The molecule has 146 heavy (non-hydrogen) atoms. The molecule has 6 aromatic heterocycles. The lowest BCUT2D eigenvalue weighted by Crippen LogP contribution is -2.11. The van der Waals surface area contributed by atoms with E-state index in [1.54, 1.807) is 0 Å². The monoisotopic (exact) mass is 1860 g/mol. The lowest BCUT2D eigenvalue weighted by molar-refractivity contribution is 0.667. The highest BCUT2D eigenvalue weighted by Crippen LogP contribution is 2.51. The highest BCUT2D eigenvalue weighted by Gasteiger charge is 2.28. The number of fused-ring (bicyclic) bond motifs is 21. The minimum atomic E-state index is 0.655. The zero-order chi connectivity index (χ0) is 96.0. The summed E-state index contributed by atoms with van der Waals surface area (Å²) in [7, 11) is 0. The van der Waals surface area contributed by atoms with Gasteiger partial charge in [0.1, 0.15) is 16.7 Å². The van der Waals surface area contributed by atoms with Crippen LogP contribution in [0, 0.1) is 0 Å². The molecule has 29 rings (SSSR count). The summed E-state index contributed by atoms with van der Waals surface area (Å²) in [5, 5.41) is 24.5. The third-order valence-electron chi connectivity index (χ3n) is 29.8. The van der Waals surface area contributed by atoms with E-state index >= 15 is 0 Å². The molecule has 0 bridgehead atoms. The second-order valence-corrected chi connectivity index (χ2v) is 38.1. The fourth-order valence-corrected chi connectivity index (χ4v) is 22.6. The number of aromatic nitrogens is 3. The topological polar surface area (TPSA) is 87.8 Å². The molecule has 0 aliphatic heterocycles. The molecule has 0 aliphatic carbocycles. The molecule has 9 nitrogen and oxygen atoms in total. The molecule has 0 aliphatic rings. The summed E-state index contributed by atoms with van der Waals surface area (Å²) in [5.41, 5.74) is 30.0. The number of pyridine rings is 3. The van der Waals surface area contributed by atoms with Gasteiger partial charge in [-0.2, -0.15) is 0 Å². The average molecular weight is 1860 g/mol. The van der Waals surface area contributed by atoms with Crippen LogP contribution in [0.25, 0.3) is 241 Å². The quantitative estimate of drug-likeness (QED) is 0.0827. The Morgan fingerprint density at radius 3 is 1.00 bits per heavy atom. The molecule has 29 aromatic rings. The first-order valence-corrected chi connectivity index (χ1v) is 49.6. The Kier molecular flexibility index (Phi) is 19.5. The van der Waals surface area contributed by atoms with Crippen molar-refractivity contribution in [2.75, 3.05) is 14.7 Å². The van der Waals surface area contributed by atoms with Crippen LogP contribution in [0.4, 0.5) is 51.3 Å². The molecule has 23 aromatic carbocycles. The summed E-state index contributed by atoms with van der Waals surface area (Å²) < 4.78 is 21.2. The smallest absolute Gasteiger partial charge is 0.181 e. The van der Waals surface area contributed by atoms with E-state index < -0.39 is 0 Å². The molecule has 0 spiro atoms. The number of furan rings is 3. The van der Waals surface area contributed by atoms with Gasteiger partial charge in [-0.25, -0.2) is 4.98 Å². The van der Waals surface area contributed by atoms with Crippen LogP contribution in [-0.2, 0) is 0 Å². The van der Waals surface area contributed by atoms with E-state index in [2.05, 4.69) is 482 Å². The molecule has 0 fully saturated rings. The van der Waals surface area contributed by atoms with Crippen LogP contribution in [0.5, 0.6) is 0 Å². The number of para-hydroxylation sites is 2. The van der Waals surface area contributed by atoms with Gasteiger partial charge in [-0.1, -0.05) is 340 Å². The van der Waals surface area contributed by atoms with Gasteiger partial charge in [-0.05, 0) is 315 Å². The summed E-state index contributed by atoms with van der Waals surface area (Å²) in [6.45, 7) is 0. The fraction of sp³-hybridized carbons (Fsp3) is 0. The van der Waals surface area contributed by atoms with Crippen LogP contribution >= 0.6 is 0 Å². The zero-order valence-corrected chi connectivity index (χ0v) is 78.9. The van der Waals surface area contributed by atoms with E-state index in [-0.39, 0.29) is 0 Å². The lowest BCUT2D eigenvalue weighted by Gasteiger charge is -2.26. The molecule has 0 unspecified atom stereocenters. The van der Waals surface area contributed by atoms with E-state index in [1.807, 2.05) is 43.0 Å². The summed E-state index contributed by atoms with van der Waals surface area (Å²) in [5.74, 6) is 0.655. The number of anilines is 9. The third kappa shape index (κ3) is 14.2. The maximum Gasteiger partial charge on any atom is 0.181 e. The van der Waals surface area contributed by atoms with Crippen molar-refractivity contribution < 1.29 is 13.3 Å². The van der Waals surface area contributed by atoms with Gasteiger partial charge >= 0.3 is 0 Å². The van der Waals surface area contributed by atoms with Crippen molar-refractivity contribution >= 4 is 203 Å². The predicted octanol–water partition coefficient (Wildman–Crippen LogP) is 38.5. The number of hydrogen-bond acceptors (Lipinski definition) is 9. The summed E-state index contributed by atoms with van der Waals surface area (Å²) in [6.07, 6.45) is 7.65. The van der Waals surface area contributed by atoms with Gasteiger partial charge in [-0.3, -0.25) is 14.9 Å². The van der Waals surface area contributed by atoms with Crippen molar-refractivity contribution in [1.29, 1.82) is 0 Å². The average Bonchev–Trinajstić information content (AvgIpc) is 1.58. The molecule has 0 radical (unpaired) electrons. The summed E-state index contributed by atoms with van der Waals surface area (Å²) in [6, 6.07) is 176. The van der Waals surface area contributed by atoms with E-state index in [4.69, 9.17) is 28.2 Å². The molecule has 0 saturated heterocycles. The van der Waals surface area contributed by atoms with Crippen LogP contribution in [0.1, 0.15) is 0 Å². The second-order valence-electron chi connectivity index (χ2n) is 38.1. The standard InChI is InChI=1S/C137H84N6O3/c1-5-23-113-91(15-1)39-43-105-79-99(57-71-117(105)113)87-47-61-110(62-48-87)142(127-74-76-139-133-120-27-9-10-31-128(120)144-136(127)133)109-59-45-85(46-60-109)97-19-11-21-103(77-97)119-28-14-32-129-131(119)122-73-75-140-137(135(122)145-129)143(112-69-55-88(56-70-112)100-58-72-118-106(80-100)44-40-92-16-2-6-24-114(92)118)111-67-53-86(54-68-111)98-20-12-22-104(78-98)125-83-138-84-130-132(125)121-29-13-30-126(134(121)146-130)141(107-63-49-89(50-64-107)101-41-37-95-35-33-93-17-3-7-25-115(93)123(95)81-101)108-65-51-90(52-66-108)102-42-38-96-36-34-94-18-4-8-26-116(94)124(96)82-102/h1-84H. The molecular weight excluding hydrogens is 1780 g/mol. The van der Waals surface area contributed by atoms with E-state index in [9.17, 15) is 0 Å². The normalized spacial score (nSPS) is 11.8. The fourth-order valence-electron chi connectivity index (χ4n) is 22.6. The Hall–Kier alpha value is -19.6. The van der Waals surface area contributed by atoms with Gasteiger partial charge in [0.05, 0.1) is 17.6 Å². The van der Waals surface area contributed by atoms with Crippen molar-refractivity contribution in [3.8, 4) is 89.0 Å². The Morgan fingerprint density at radius 2 is 0.500 bits per heavy atom. The van der Waals surface area contributed by atoms with Crippen LogP contribution in [0.2, 0.25) is 0 Å². The minimum absolute atomic E-state index is 0.655. The largest absolute Gasteiger partial charge is 0.452 e. The first kappa shape index (κ1) is 83.4. The highest BCUT2D eigenvalue weighted by molar-refractivity contribution is 6.20. The second kappa shape index (κ2) is 34.1. The van der Waals surface area contributed by atoms with Gasteiger partial charge in [0.25, 0.3) is 0 Å². The molecule has 0 N–H and O–H groups in total. The first-order chi connectivity index (χ1) is 72.3. The summed E-state index contributed by atoms with van der Waals surface area (Å²) >= 11 is 0. The number of hydrogen-bond donors (Lipinski definition) is 0. The van der Waals surface area contributed by atoms with Gasteiger partial charge in [-0.15, -0.1) is 0 Å². The maximum absolute atomic E-state index is 7.26. The Balaban J connectivity index is 0.503. The zero-order valence-electron chi connectivity index (χ0n) is 78.9. The van der Waals surface area contributed by atoms with E-state index in [0.29, 0.717) is 22.6 Å². The molecule has 0 atom stereocenters. The van der Waals surface area contributed by atoms with Crippen LogP contribution in [0.3, 0.4) is 0 Å². The van der Waals surface area contributed by atoms with E-state index in [1.165, 1.54) is 86.2 Å². The molecule has 6 heterocycles. The highest BCUT2D eigenvalue weighted by atomic mass is 16.3. The van der Waals surface area contributed by atoms with Crippen LogP contribution in [0.15, 0.2) is 523 Å². The number of nitrogens with zero attached hydrogens (tertiary/aromatic N) is 6. The molecule has 680 valence electrons. The molecule has 9 heteroatoms. The number of rotatable bonds is 17. The van der Waals surface area contributed by atoms with Crippen molar-refractivity contribution in [3.63, 3.8) is 0 Å². The van der Waals surface area contributed by atoms with Crippen molar-refractivity contribution in [1.82, 2.24) is 15.0 Å². The van der Waals surface area contributed by atoms with Crippen LogP contribution < -0.4 is 14.7 Å². The SMILES string of the molecule is c1cc(-c2ccc(N(c3ccc(-c4ccc5c(ccc6ccccc65)c4)cc3)c3nccc4c3oc3cccc(-c5cccc(-c6ccc(N(c7ccc(-c8ccc9c(ccc%10ccccc%109)c8)cc7)c7ccnc8c7oc7ccccc78)cc6)c5)c34)cc2)cc(-c2cncc3oc4c(N(c5ccc(-c6ccc7ccc8ccccc8c7c6)cc5)c5ccc(-c6ccc7ccc8ccccc8c7c6)cc5)cccc4c23)c1. The summed E-state index contributed by atoms with van der Waals surface area (Å²) in [4.78, 5) is 22.0. The maximum atomic E-state index is 7.26. The van der Waals surface area contributed by atoms with Gasteiger partial charge in [0, 0.05) is 85.2 Å².